The molecule has 0 saturated heterocycles. The van der Waals surface area contributed by atoms with Crippen molar-refractivity contribution in [2.75, 3.05) is 6.61 Å². The van der Waals surface area contributed by atoms with E-state index in [1.165, 1.54) is 19.3 Å². The first-order valence-corrected chi connectivity index (χ1v) is 9.76. The van der Waals surface area contributed by atoms with Crippen LogP contribution in [0.3, 0.4) is 0 Å². The van der Waals surface area contributed by atoms with Crippen molar-refractivity contribution in [3.8, 4) is 0 Å². The van der Waals surface area contributed by atoms with E-state index in [2.05, 4.69) is 33.8 Å². The number of rotatable bonds is 8. The van der Waals surface area contributed by atoms with E-state index < -0.39 is 0 Å². The summed E-state index contributed by atoms with van der Waals surface area (Å²) in [4.78, 5) is 20.1. The van der Waals surface area contributed by atoms with Crippen molar-refractivity contribution in [3.63, 3.8) is 0 Å². The number of unbranched alkanes of at least 4 members (excludes halogenated alkanes) is 3. The van der Waals surface area contributed by atoms with Gasteiger partial charge in [-0.1, -0.05) is 37.4 Å². The minimum absolute atomic E-state index is 0.209. The van der Waals surface area contributed by atoms with E-state index in [-0.39, 0.29) is 6.10 Å². The van der Waals surface area contributed by atoms with Crippen molar-refractivity contribution in [3.05, 3.63) is 58.7 Å². The van der Waals surface area contributed by atoms with E-state index in [4.69, 9.17) is 9.57 Å². The molecule has 2 aromatic heterocycles. The Morgan fingerprint density at radius 1 is 1.36 bits per heavy atom. The Balaban J connectivity index is 1.78. The summed E-state index contributed by atoms with van der Waals surface area (Å²) in [5, 5.41) is 6.28. The third-order valence-corrected chi connectivity index (χ3v) is 5.12. The Morgan fingerprint density at radius 3 is 3.14 bits per heavy atom. The van der Waals surface area contributed by atoms with E-state index in [9.17, 15) is 4.79 Å². The van der Waals surface area contributed by atoms with Crippen LogP contribution in [0, 0.1) is 0 Å². The standard InChI is InChI=1S/C22H23N3O3/c1-2-3-4-5-14-27-22-18-7-6-12-25(18)21-17(24-28-15-13-26)9-8-16-10-11-23-20(22)19(16)21/h6-8,10-12,15,22H,2-5,9,14H2,1H3. The molecule has 0 saturated carbocycles. The highest BCUT2D eigenvalue weighted by atomic mass is 16.6. The third kappa shape index (κ3) is 3.33. The zero-order valence-electron chi connectivity index (χ0n) is 15.9. The molecule has 6 heteroatoms. The monoisotopic (exact) mass is 377 g/mol. The second-order valence-electron chi connectivity index (χ2n) is 6.91. The number of pyridine rings is 1. The lowest BCUT2D eigenvalue weighted by atomic mass is 9.95. The van der Waals surface area contributed by atoms with Crippen LogP contribution >= 0.6 is 0 Å². The molecule has 1 aliphatic carbocycles. The number of hydrogen-bond acceptors (Lipinski definition) is 5. The first kappa shape index (κ1) is 18.4. The first-order valence-electron chi connectivity index (χ1n) is 9.76. The van der Waals surface area contributed by atoms with Gasteiger partial charge in [0, 0.05) is 30.6 Å². The molecule has 6 nitrogen and oxygen atoms in total. The fourth-order valence-corrected chi connectivity index (χ4v) is 3.87. The molecular weight excluding hydrogens is 354 g/mol. The molecule has 144 valence electrons. The molecule has 1 aliphatic heterocycles. The van der Waals surface area contributed by atoms with Crippen molar-refractivity contribution >= 4 is 23.4 Å². The summed E-state index contributed by atoms with van der Waals surface area (Å²) in [5.74, 6) is 1.58. The van der Waals surface area contributed by atoms with E-state index in [1.54, 1.807) is 5.94 Å². The molecule has 4 rings (SSSR count). The summed E-state index contributed by atoms with van der Waals surface area (Å²) in [6.45, 7) is 2.91. The van der Waals surface area contributed by atoms with Crippen molar-refractivity contribution in [2.24, 2.45) is 5.16 Å². The molecule has 0 N–H and O–H groups in total. The maximum absolute atomic E-state index is 10.4. The third-order valence-electron chi connectivity index (χ3n) is 5.12. The van der Waals surface area contributed by atoms with Gasteiger partial charge >= 0.3 is 0 Å². The van der Waals surface area contributed by atoms with Gasteiger partial charge in [-0.25, -0.2) is 4.79 Å². The van der Waals surface area contributed by atoms with Crippen LogP contribution < -0.4 is 10.4 Å². The van der Waals surface area contributed by atoms with Crippen LogP contribution in [0.1, 0.15) is 56.5 Å². The average Bonchev–Trinajstić information content (AvgIpc) is 3.20. The predicted octanol–water partition coefficient (Wildman–Crippen LogP) is 2.44. The summed E-state index contributed by atoms with van der Waals surface area (Å²) in [6.07, 6.45) is 11.9. The van der Waals surface area contributed by atoms with Crippen molar-refractivity contribution < 1.29 is 14.4 Å². The van der Waals surface area contributed by atoms with Gasteiger partial charge < -0.3 is 14.1 Å². The van der Waals surface area contributed by atoms with Gasteiger partial charge in [0.15, 0.2) is 5.94 Å². The van der Waals surface area contributed by atoms with Crippen LogP contribution in [-0.2, 0) is 14.4 Å². The normalized spacial score (nSPS) is 18.1. The van der Waals surface area contributed by atoms with Gasteiger partial charge in [0.1, 0.15) is 11.8 Å². The van der Waals surface area contributed by atoms with Gasteiger partial charge in [0.05, 0.1) is 17.1 Å². The predicted molar refractivity (Wildman–Crippen MR) is 107 cm³/mol. The largest absolute Gasteiger partial charge is 0.366 e. The highest BCUT2D eigenvalue weighted by molar-refractivity contribution is 6.21. The Labute approximate surface area is 163 Å². The summed E-state index contributed by atoms with van der Waals surface area (Å²) < 4.78 is 8.41. The highest BCUT2D eigenvalue weighted by Gasteiger charge is 2.31. The first-order chi connectivity index (χ1) is 13.8. The molecule has 3 heterocycles. The van der Waals surface area contributed by atoms with Gasteiger partial charge in [0.25, 0.3) is 0 Å². The molecule has 1 atom stereocenters. The topological polar surface area (TPSA) is 65.7 Å². The van der Waals surface area contributed by atoms with Crippen LogP contribution in [0.2, 0.25) is 0 Å². The SMILES string of the molecule is CCCCCCOC1c2nccc3c2=C(C(=NOC=C=O)CC=3)n2cccc21. The molecule has 0 radical (unpaired) electrons. The molecule has 2 aromatic rings. The molecule has 0 aromatic carbocycles. The van der Waals surface area contributed by atoms with E-state index >= 15 is 0 Å². The molecule has 0 bridgehead atoms. The van der Waals surface area contributed by atoms with Crippen molar-refractivity contribution in [1.82, 2.24) is 9.55 Å². The van der Waals surface area contributed by atoms with Crippen molar-refractivity contribution in [2.45, 2.75) is 45.1 Å². The van der Waals surface area contributed by atoms with Crippen LogP contribution in [0.4, 0.5) is 0 Å². The second kappa shape index (κ2) is 8.38. The Bertz CT molecular complexity index is 1060. The summed E-state index contributed by atoms with van der Waals surface area (Å²) >= 11 is 0. The lowest BCUT2D eigenvalue weighted by Gasteiger charge is -2.28. The smallest absolute Gasteiger partial charge is 0.205 e. The van der Waals surface area contributed by atoms with Gasteiger partial charge in [-0.3, -0.25) is 4.98 Å². The number of oxime groups is 1. The fraction of sp³-hybridized carbons (Fsp3) is 0.364. The lowest BCUT2D eigenvalue weighted by molar-refractivity contribution is 0.0686. The number of nitrogens with zero attached hydrogens (tertiary/aromatic N) is 3. The Kier molecular flexibility index (Phi) is 5.51. The van der Waals surface area contributed by atoms with Gasteiger partial charge in [-0.05, 0) is 29.8 Å². The minimum atomic E-state index is -0.209. The number of fused-ring (bicyclic) bond motifs is 2. The van der Waals surface area contributed by atoms with Crippen LogP contribution in [0.5, 0.6) is 0 Å². The summed E-state index contributed by atoms with van der Waals surface area (Å²) in [7, 11) is 0. The zero-order chi connectivity index (χ0) is 19.3. The molecule has 0 fully saturated rings. The maximum Gasteiger partial charge on any atom is 0.205 e. The van der Waals surface area contributed by atoms with Crippen LogP contribution in [0.15, 0.2) is 42.0 Å². The molecule has 2 aliphatic rings. The van der Waals surface area contributed by atoms with Gasteiger partial charge in [0.2, 0.25) is 6.26 Å². The van der Waals surface area contributed by atoms with Crippen molar-refractivity contribution in [1.29, 1.82) is 0 Å². The fourth-order valence-electron chi connectivity index (χ4n) is 3.87. The number of aromatic nitrogens is 2. The number of carbonyl (C=O) groups excluding carboxylic acids is 1. The molecular formula is C22H23N3O3. The van der Waals surface area contributed by atoms with Crippen LogP contribution in [-0.4, -0.2) is 27.8 Å². The van der Waals surface area contributed by atoms with Gasteiger partial charge in [-0.2, -0.15) is 0 Å². The molecule has 0 spiro atoms. The molecule has 0 amide bonds. The van der Waals surface area contributed by atoms with Gasteiger partial charge in [-0.15, -0.1) is 0 Å². The Hall–Kier alpha value is -2.95. The van der Waals surface area contributed by atoms with E-state index in [0.717, 1.165) is 45.9 Å². The Morgan fingerprint density at radius 2 is 2.29 bits per heavy atom. The second-order valence-corrected chi connectivity index (χ2v) is 6.91. The molecule has 1 unspecified atom stereocenters. The minimum Gasteiger partial charge on any atom is -0.366 e. The summed E-state index contributed by atoms with van der Waals surface area (Å²) in [6, 6.07) is 6.07. The summed E-state index contributed by atoms with van der Waals surface area (Å²) in [5.41, 5.74) is 3.62. The quantitative estimate of drug-likeness (QED) is 0.307. The van der Waals surface area contributed by atoms with Crippen LogP contribution in [0.25, 0.3) is 11.8 Å². The zero-order valence-corrected chi connectivity index (χ0v) is 15.9. The van der Waals surface area contributed by atoms with E-state index in [0.29, 0.717) is 13.0 Å². The highest BCUT2D eigenvalue weighted by Crippen LogP contribution is 2.30. The molecule has 28 heavy (non-hydrogen) atoms. The van der Waals surface area contributed by atoms with E-state index in [1.807, 2.05) is 24.5 Å². The number of ether oxygens (including phenoxy) is 1. The lowest BCUT2D eigenvalue weighted by Crippen LogP contribution is -2.44. The number of hydrogen-bond donors (Lipinski definition) is 0. The average molecular weight is 377 g/mol. The maximum atomic E-state index is 10.4.